The smallest absolute Gasteiger partial charge is 0.282 e. The van der Waals surface area contributed by atoms with Gasteiger partial charge in [0, 0.05) is 22.3 Å². The first-order chi connectivity index (χ1) is 10.6. The van der Waals surface area contributed by atoms with Crippen molar-refractivity contribution in [2.75, 3.05) is 0 Å². The zero-order chi connectivity index (χ0) is 17.4. The van der Waals surface area contributed by atoms with Crippen molar-refractivity contribution < 1.29 is 18.0 Å². The van der Waals surface area contributed by atoms with Crippen LogP contribution in [0.4, 0.5) is 0 Å². The van der Waals surface area contributed by atoms with Crippen molar-refractivity contribution in [2.24, 2.45) is 4.40 Å². The fourth-order valence-electron chi connectivity index (χ4n) is 2.17. The quantitative estimate of drug-likeness (QED) is 0.630. The number of carbonyl (C=O) groups is 2. The monoisotopic (exact) mass is 331 g/mol. The van der Waals surface area contributed by atoms with Gasteiger partial charge in [0.25, 0.3) is 10.0 Å². The fraction of sp³-hybridized carbons (Fsp3) is 0.235. The van der Waals surface area contributed by atoms with Crippen LogP contribution in [0.25, 0.3) is 0 Å². The van der Waals surface area contributed by atoms with Crippen LogP contribution in [0.2, 0.25) is 0 Å². The van der Waals surface area contributed by atoms with E-state index < -0.39 is 10.0 Å². The Morgan fingerprint density at radius 1 is 0.826 bits per heavy atom. The minimum absolute atomic E-state index is 0.0220. The SMILES string of the molecule is CC1=C(C)C(=O)C(/C=N/S(=O)(=O)c2ccc(C)cc2)=C(C)C1=O. The molecule has 0 amide bonds. The van der Waals surface area contributed by atoms with Gasteiger partial charge in [-0.2, -0.15) is 12.8 Å². The molecule has 0 N–H and O–H groups in total. The number of rotatable bonds is 3. The Morgan fingerprint density at radius 2 is 1.35 bits per heavy atom. The third-order valence-corrected chi connectivity index (χ3v) is 5.12. The summed E-state index contributed by atoms with van der Waals surface area (Å²) >= 11 is 0. The Labute approximate surface area is 135 Å². The van der Waals surface area contributed by atoms with Crippen LogP contribution in [0.5, 0.6) is 0 Å². The van der Waals surface area contributed by atoms with Crippen LogP contribution in [0.1, 0.15) is 26.3 Å². The van der Waals surface area contributed by atoms with Crippen molar-refractivity contribution in [2.45, 2.75) is 32.6 Å². The summed E-state index contributed by atoms with van der Waals surface area (Å²) in [5.74, 6) is -0.640. The summed E-state index contributed by atoms with van der Waals surface area (Å²) < 4.78 is 28.0. The van der Waals surface area contributed by atoms with E-state index in [9.17, 15) is 18.0 Å². The van der Waals surface area contributed by atoms with Gasteiger partial charge in [0.05, 0.1) is 11.1 Å². The maximum atomic E-state index is 12.2. The van der Waals surface area contributed by atoms with Gasteiger partial charge in [0.1, 0.15) is 0 Å². The summed E-state index contributed by atoms with van der Waals surface area (Å²) in [6.07, 6.45) is 0.973. The van der Waals surface area contributed by atoms with Crippen LogP contribution in [0.15, 0.2) is 55.9 Å². The lowest BCUT2D eigenvalue weighted by atomic mass is 9.86. The van der Waals surface area contributed by atoms with Gasteiger partial charge in [-0.3, -0.25) is 9.59 Å². The third kappa shape index (κ3) is 3.22. The molecule has 23 heavy (non-hydrogen) atoms. The van der Waals surface area contributed by atoms with Crippen LogP contribution in [-0.4, -0.2) is 26.2 Å². The molecule has 1 aromatic carbocycles. The minimum atomic E-state index is -3.92. The van der Waals surface area contributed by atoms with Crippen LogP contribution >= 0.6 is 0 Å². The Morgan fingerprint density at radius 3 is 1.91 bits per heavy atom. The van der Waals surface area contributed by atoms with E-state index >= 15 is 0 Å². The fourth-order valence-corrected chi connectivity index (χ4v) is 3.01. The molecular weight excluding hydrogens is 314 g/mol. The number of nitrogens with zero attached hydrogens (tertiary/aromatic N) is 1. The molecule has 0 unspecified atom stereocenters. The standard InChI is InChI=1S/C17H17NO4S/c1-10-5-7-14(8-6-10)23(21,22)18-9-15-13(4)16(19)11(2)12(3)17(15)20/h5-9H,1-4H3/b18-9+. The molecular formula is C17H17NO4S. The second-order valence-electron chi connectivity index (χ2n) is 5.47. The van der Waals surface area contributed by atoms with Gasteiger partial charge < -0.3 is 0 Å². The van der Waals surface area contributed by atoms with Gasteiger partial charge in [-0.1, -0.05) is 17.7 Å². The lowest BCUT2D eigenvalue weighted by molar-refractivity contribution is -0.116. The number of benzene rings is 1. The summed E-state index contributed by atoms with van der Waals surface area (Å²) in [6, 6.07) is 6.23. The zero-order valence-electron chi connectivity index (χ0n) is 13.4. The maximum absolute atomic E-state index is 12.2. The second kappa shape index (κ2) is 6.04. The van der Waals surface area contributed by atoms with Gasteiger partial charge in [-0.25, -0.2) is 0 Å². The largest absolute Gasteiger partial charge is 0.289 e. The molecule has 0 heterocycles. The molecule has 1 aliphatic rings. The molecule has 1 aliphatic carbocycles. The number of carbonyl (C=O) groups excluding carboxylic acids is 2. The van der Waals surface area contributed by atoms with Crippen molar-refractivity contribution in [1.82, 2.24) is 0 Å². The lowest BCUT2D eigenvalue weighted by Crippen LogP contribution is -2.21. The number of Topliss-reactive ketones (excluding diaryl/α,β-unsaturated/α-hetero) is 2. The van der Waals surface area contributed by atoms with E-state index in [0.29, 0.717) is 11.1 Å². The number of hydrogen-bond donors (Lipinski definition) is 0. The number of ketones is 2. The highest BCUT2D eigenvalue weighted by atomic mass is 32.2. The van der Waals surface area contributed by atoms with Gasteiger partial charge in [-0.05, 0) is 39.8 Å². The number of sulfonamides is 1. The van der Waals surface area contributed by atoms with E-state index in [2.05, 4.69) is 4.40 Å². The van der Waals surface area contributed by atoms with Gasteiger partial charge in [0.2, 0.25) is 0 Å². The van der Waals surface area contributed by atoms with E-state index in [1.807, 2.05) is 6.92 Å². The summed E-state index contributed by atoms with van der Waals surface area (Å²) in [5, 5.41) is 0. The highest BCUT2D eigenvalue weighted by molar-refractivity contribution is 7.90. The average molecular weight is 331 g/mol. The topological polar surface area (TPSA) is 80.6 Å². The Hall–Kier alpha value is -2.34. The second-order valence-corrected chi connectivity index (χ2v) is 7.10. The van der Waals surface area contributed by atoms with Crippen molar-refractivity contribution in [1.29, 1.82) is 0 Å². The summed E-state index contributed by atoms with van der Waals surface area (Å²) in [5.41, 5.74) is 1.85. The first kappa shape index (κ1) is 17.0. The lowest BCUT2D eigenvalue weighted by Gasteiger charge is -2.15. The van der Waals surface area contributed by atoms with Crippen LogP contribution in [0, 0.1) is 6.92 Å². The Bertz CT molecular complexity index is 885. The highest BCUT2D eigenvalue weighted by Gasteiger charge is 2.27. The first-order valence-electron chi connectivity index (χ1n) is 7.00. The molecule has 0 atom stereocenters. The molecule has 2 rings (SSSR count). The van der Waals surface area contributed by atoms with Crippen molar-refractivity contribution in [3.63, 3.8) is 0 Å². The Balaban J connectivity index is 2.41. The molecule has 0 fully saturated rings. The molecule has 0 aliphatic heterocycles. The van der Waals surface area contributed by atoms with E-state index in [1.54, 1.807) is 26.0 Å². The molecule has 0 radical (unpaired) electrons. The van der Waals surface area contributed by atoms with Gasteiger partial charge in [-0.15, -0.1) is 0 Å². The van der Waals surface area contributed by atoms with Gasteiger partial charge >= 0.3 is 0 Å². The van der Waals surface area contributed by atoms with Crippen LogP contribution < -0.4 is 0 Å². The summed E-state index contributed by atoms with van der Waals surface area (Å²) in [6.45, 7) is 6.47. The molecule has 1 aromatic rings. The molecule has 0 spiro atoms. The van der Waals surface area contributed by atoms with E-state index in [4.69, 9.17) is 0 Å². The van der Waals surface area contributed by atoms with E-state index in [-0.39, 0.29) is 27.6 Å². The third-order valence-electron chi connectivity index (χ3n) is 3.87. The predicted octanol–water partition coefficient (Wildman–Crippen LogP) is 2.56. The van der Waals surface area contributed by atoms with Crippen LogP contribution in [0.3, 0.4) is 0 Å². The summed E-state index contributed by atoms with van der Waals surface area (Å²) in [7, 11) is -3.92. The summed E-state index contributed by atoms with van der Waals surface area (Å²) in [4.78, 5) is 24.3. The molecule has 0 aromatic heterocycles. The molecule has 6 heteroatoms. The zero-order valence-corrected chi connectivity index (χ0v) is 14.2. The maximum Gasteiger partial charge on any atom is 0.282 e. The molecule has 5 nitrogen and oxygen atoms in total. The number of allylic oxidation sites excluding steroid dienone is 4. The number of aryl methyl sites for hydroxylation is 1. The molecule has 0 saturated heterocycles. The first-order valence-corrected chi connectivity index (χ1v) is 8.44. The molecule has 120 valence electrons. The van der Waals surface area contributed by atoms with Crippen LogP contribution in [-0.2, 0) is 19.6 Å². The van der Waals surface area contributed by atoms with E-state index in [1.165, 1.54) is 19.1 Å². The Kier molecular flexibility index (Phi) is 4.47. The van der Waals surface area contributed by atoms with Crippen molar-refractivity contribution >= 4 is 27.8 Å². The normalized spacial score (nSPS) is 16.7. The van der Waals surface area contributed by atoms with Crippen molar-refractivity contribution in [3.8, 4) is 0 Å². The van der Waals surface area contributed by atoms with Crippen molar-refractivity contribution in [3.05, 3.63) is 52.1 Å². The van der Waals surface area contributed by atoms with Gasteiger partial charge in [0.15, 0.2) is 11.6 Å². The molecule has 0 saturated carbocycles. The highest BCUT2D eigenvalue weighted by Crippen LogP contribution is 2.23. The average Bonchev–Trinajstić information content (AvgIpc) is 2.51. The predicted molar refractivity (Wildman–Crippen MR) is 87.9 cm³/mol. The van der Waals surface area contributed by atoms with E-state index in [0.717, 1.165) is 11.8 Å². The molecule has 0 bridgehead atoms. The minimum Gasteiger partial charge on any atom is -0.289 e. The number of hydrogen-bond acceptors (Lipinski definition) is 4.